The minimum atomic E-state index is -0.492. The molecule has 0 aliphatic carbocycles. The number of carbonyl (C=O) groups is 1. The Morgan fingerprint density at radius 2 is 1.79 bits per heavy atom. The van der Waals surface area contributed by atoms with Crippen molar-refractivity contribution in [1.82, 2.24) is 14.9 Å². The molecule has 1 aromatic heterocycles. The van der Waals surface area contributed by atoms with Crippen LogP contribution in [-0.2, 0) is 4.79 Å². The van der Waals surface area contributed by atoms with Crippen LogP contribution < -0.4 is 11.2 Å². The van der Waals surface area contributed by atoms with Crippen LogP contribution in [0.2, 0.25) is 0 Å². The Bertz CT molecular complexity index is 1190. The van der Waals surface area contributed by atoms with Gasteiger partial charge in [-0.2, -0.15) is 0 Å². The third kappa shape index (κ3) is 3.79. The van der Waals surface area contributed by atoms with E-state index >= 15 is 0 Å². The van der Waals surface area contributed by atoms with Crippen molar-refractivity contribution in [1.29, 1.82) is 0 Å². The number of carbonyl (C=O) groups excluding carboxylic acids is 1. The largest absolute Gasteiger partial charge is 0.335 e. The van der Waals surface area contributed by atoms with E-state index in [1.54, 1.807) is 25.1 Å². The molecule has 0 bridgehead atoms. The lowest BCUT2D eigenvalue weighted by molar-refractivity contribution is -0.115. The maximum atomic E-state index is 14.0. The van der Waals surface area contributed by atoms with Gasteiger partial charge >= 0.3 is 0 Å². The average Bonchev–Trinajstić information content (AvgIpc) is 3.08. The van der Waals surface area contributed by atoms with Gasteiger partial charge in [0.2, 0.25) is 11.1 Å². The summed E-state index contributed by atoms with van der Waals surface area (Å²) in [5.41, 5.74) is 0.990. The van der Waals surface area contributed by atoms with E-state index in [-0.39, 0.29) is 17.3 Å². The monoisotopic (exact) mass is 407 g/mol. The van der Waals surface area contributed by atoms with Crippen LogP contribution in [0.15, 0.2) is 71.9 Å². The van der Waals surface area contributed by atoms with Crippen molar-refractivity contribution in [2.75, 3.05) is 11.2 Å². The first-order valence-corrected chi connectivity index (χ1v) is 9.83. The summed E-state index contributed by atoms with van der Waals surface area (Å²) in [5.74, 6) is 5.62. The van der Waals surface area contributed by atoms with Crippen molar-refractivity contribution >= 4 is 34.1 Å². The van der Waals surface area contributed by atoms with E-state index in [4.69, 9.17) is 5.84 Å². The van der Waals surface area contributed by atoms with E-state index in [2.05, 4.69) is 15.5 Å². The highest BCUT2D eigenvalue weighted by Gasteiger charge is 2.21. The molecule has 146 valence electrons. The maximum Gasteiger partial charge on any atom is 0.237 e. The van der Waals surface area contributed by atoms with E-state index < -0.39 is 11.1 Å². The third-order valence-electron chi connectivity index (χ3n) is 4.48. The number of hydrogen-bond acceptors (Lipinski definition) is 5. The van der Waals surface area contributed by atoms with E-state index in [1.165, 1.54) is 10.7 Å². The summed E-state index contributed by atoms with van der Waals surface area (Å²) in [6, 6.07) is 19.8. The van der Waals surface area contributed by atoms with Crippen molar-refractivity contribution < 1.29 is 9.18 Å². The third-order valence-corrected chi connectivity index (χ3v) is 5.54. The molecular formula is C21H18FN5OS. The zero-order chi connectivity index (χ0) is 20.4. The molecule has 1 unspecified atom stereocenters. The number of anilines is 1. The van der Waals surface area contributed by atoms with Gasteiger partial charge in [0, 0.05) is 11.1 Å². The van der Waals surface area contributed by atoms with Crippen LogP contribution in [0.5, 0.6) is 0 Å². The Balaban J connectivity index is 1.52. The molecule has 0 radical (unpaired) electrons. The van der Waals surface area contributed by atoms with Gasteiger partial charge in [-0.25, -0.2) is 9.07 Å². The molecule has 0 spiro atoms. The molecule has 1 atom stereocenters. The number of nitrogens with two attached hydrogens (primary N) is 1. The van der Waals surface area contributed by atoms with Crippen LogP contribution in [0.25, 0.3) is 22.2 Å². The summed E-state index contributed by atoms with van der Waals surface area (Å²) in [4.78, 5) is 12.7. The predicted octanol–water partition coefficient (Wildman–Crippen LogP) is 4.07. The number of nitrogens with zero attached hydrogens (tertiary/aromatic N) is 3. The van der Waals surface area contributed by atoms with Crippen molar-refractivity contribution in [2.24, 2.45) is 0 Å². The number of hydrogen-bond donors (Lipinski definition) is 2. The zero-order valence-electron chi connectivity index (χ0n) is 15.5. The van der Waals surface area contributed by atoms with Gasteiger partial charge in [-0.15, -0.1) is 10.2 Å². The Labute approximate surface area is 170 Å². The van der Waals surface area contributed by atoms with Gasteiger partial charge < -0.3 is 11.2 Å². The van der Waals surface area contributed by atoms with Crippen molar-refractivity contribution in [3.8, 4) is 11.4 Å². The summed E-state index contributed by atoms with van der Waals surface area (Å²) in [6.07, 6.45) is 0. The second-order valence-corrected chi connectivity index (χ2v) is 7.74. The summed E-state index contributed by atoms with van der Waals surface area (Å²) < 4.78 is 15.2. The molecular weight excluding hydrogens is 389 g/mol. The van der Waals surface area contributed by atoms with E-state index in [0.717, 1.165) is 28.2 Å². The summed E-state index contributed by atoms with van der Waals surface area (Å²) in [6.45, 7) is 1.75. The second-order valence-electron chi connectivity index (χ2n) is 6.43. The molecule has 4 rings (SSSR count). The summed E-state index contributed by atoms with van der Waals surface area (Å²) in [5, 5.41) is 12.8. The molecule has 0 aliphatic heterocycles. The van der Waals surface area contributed by atoms with E-state index in [0.29, 0.717) is 5.16 Å². The average molecular weight is 407 g/mol. The SMILES string of the molecule is CC(Sc1nnc(-c2ccccc2F)n1N)C(=O)Nc1cccc2ccccc12. The molecule has 29 heavy (non-hydrogen) atoms. The summed E-state index contributed by atoms with van der Waals surface area (Å²) >= 11 is 1.15. The fourth-order valence-electron chi connectivity index (χ4n) is 2.96. The first kappa shape index (κ1) is 18.9. The highest BCUT2D eigenvalue weighted by atomic mass is 32.2. The molecule has 8 heteroatoms. The lowest BCUT2D eigenvalue weighted by Crippen LogP contribution is -2.23. The number of rotatable bonds is 5. The molecule has 0 fully saturated rings. The lowest BCUT2D eigenvalue weighted by atomic mass is 10.1. The fourth-order valence-corrected chi connectivity index (χ4v) is 3.73. The predicted molar refractivity (Wildman–Crippen MR) is 113 cm³/mol. The lowest BCUT2D eigenvalue weighted by Gasteiger charge is -2.13. The summed E-state index contributed by atoms with van der Waals surface area (Å²) in [7, 11) is 0. The number of thioether (sulfide) groups is 1. The van der Waals surface area contributed by atoms with Gasteiger partial charge in [-0.05, 0) is 30.5 Å². The van der Waals surface area contributed by atoms with Crippen molar-refractivity contribution in [3.63, 3.8) is 0 Å². The molecule has 6 nitrogen and oxygen atoms in total. The van der Waals surface area contributed by atoms with Gasteiger partial charge in [0.05, 0.1) is 10.8 Å². The maximum absolute atomic E-state index is 14.0. The Morgan fingerprint density at radius 3 is 2.62 bits per heavy atom. The van der Waals surface area contributed by atoms with Gasteiger partial charge in [-0.3, -0.25) is 4.79 Å². The molecule has 0 saturated heterocycles. The zero-order valence-corrected chi connectivity index (χ0v) is 16.4. The number of aromatic nitrogens is 3. The molecule has 1 amide bonds. The highest BCUT2D eigenvalue weighted by molar-refractivity contribution is 8.00. The van der Waals surface area contributed by atoms with Crippen LogP contribution in [0.4, 0.5) is 10.1 Å². The Hall–Kier alpha value is -3.39. The molecule has 3 aromatic carbocycles. The molecule has 0 saturated carbocycles. The van der Waals surface area contributed by atoms with Crippen LogP contribution in [0.1, 0.15) is 6.92 Å². The minimum Gasteiger partial charge on any atom is -0.335 e. The number of fused-ring (bicyclic) bond motifs is 1. The topological polar surface area (TPSA) is 85.8 Å². The minimum absolute atomic E-state index is 0.193. The Morgan fingerprint density at radius 1 is 1.07 bits per heavy atom. The van der Waals surface area contributed by atoms with E-state index in [1.807, 2.05) is 42.5 Å². The standard InChI is InChI=1S/C21H18FN5OS/c1-13(20(28)24-18-12-6-8-14-7-2-3-9-15(14)18)29-21-26-25-19(27(21)23)16-10-4-5-11-17(16)22/h2-13H,23H2,1H3,(H,24,28). The first-order chi connectivity index (χ1) is 14.0. The number of amides is 1. The molecule has 4 aromatic rings. The van der Waals surface area contributed by atoms with E-state index in [9.17, 15) is 9.18 Å². The van der Waals surface area contributed by atoms with Crippen LogP contribution in [-0.4, -0.2) is 26.0 Å². The fraction of sp³-hybridized carbons (Fsp3) is 0.0952. The first-order valence-electron chi connectivity index (χ1n) is 8.95. The molecule has 3 N–H and O–H groups in total. The number of halogens is 1. The number of nitrogen functional groups attached to an aromatic ring is 1. The van der Waals surface area contributed by atoms with Gasteiger partial charge in [0.25, 0.3) is 0 Å². The Kier molecular flexibility index (Phi) is 5.18. The smallest absolute Gasteiger partial charge is 0.237 e. The van der Waals surface area contributed by atoms with Gasteiger partial charge in [-0.1, -0.05) is 60.3 Å². The van der Waals surface area contributed by atoms with Crippen molar-refractivity contribution in [3.05, 3.63) is 72.5 Å². The molecule has 0 aliphatic rings. The quantitative estimate of drug-likeness (QED) is 0.385. The number of nitrogens with one attached hydrogen (secondary N) is 1. The molecule has 1 heterocycles. The number of benzene rings is 3. The highest BCUT2D eigenvalue weighted by Crippen LogP contribution is 2.28. The van der Waals surface area contributed by atoms with Crippen LogP contribution in [0, 0.1) is 5.82 Å². The van der Waals surface area contributed by atoms with Gasteiger partial charge in [0.1, 0.15) is 5.82 Å². The van der Waals surface area contributed by atoms with Crippen molar-refractivity contribution in [2.45, 2.75) is 17.3 Å². The van der Waals surface area contributed by atoms with Crippen LogP contribution >= 0.6 is 11.8 Å². The normalized spacial score (nSPS) is 12.1. The van der Waals surface area contributed by atoms with Gasteiger partial charge in [0.15, 0.2) is 5.82 Å². The second kappa shape index (κ2) is 7.92. The van der Waals surface area contributed by atoms with Crippen LogP contribution in [0.3, 0.4) is 0 Å².